The van der Waals surface area contributed by atoms with E-state index in [-0.39, 0.29) is 0 Å². The summed E-state index contributed by atoms with van der Waals surface area (Å²) in [5.74, 6) is 0.993. The van der Waals surface area contributed by atoms with Crippen LogP contribution in [-0.2, 0) is 0 Å². The van der Waals surface area contributed by atoms with Gasteiger partial charge in [0.25, 0.3) is 0 Å². The Morgan fingerprint density at radius 2 is 1.83 bits per heavy atom. The predicted molar refractivity (Wildman–Crippen MR) is 95.5 cm³/mol. The molecule has 126 valence electrons. The van der Waals surface area contributed by atoms with Gasteiger partial charge in [0.15, 0.2) is 6.23 Å². The van der Waals surface area contributed by atoms with Crippen molar-refractivity contribution in [2.75, 3.05) is 0 Å². The molecule has 0 radical (unpaired) electrons. The summed E-state index contributed by atoms with van der Waals surface area (Å²) in [6, 6.07) is 12.9. The third-order valence-corrected chi connectivity index (χ3v) is 5.10. The first-order chi connectivity index (χ1) is 11.7. The van der Waals surface area contributed by atoms with Crippen LogP contribution in [0, 0.1) is 17.7 Å². The van der Waals surface area contributed by atoms with E-state index in [1.165, 1.54) is 11.1 Å². The van der Waals surface area contributed by atoms with Crippen LogP contribution >= 0.6 is 0 Å². The molecule has 0 amide bonds. The van der Waals surface area contributed by atoms with Crippen LogP contribution in [0.3, 0.4) is 0 Å². The van der Waals surface area contributed by atoms with Crippen molar-refractivity contribution in [3.63, 3.8) is 0 Å². The minimum atomic E-state index is -1.03. The lowest BCUT2D eigenvalue weighted by Crippen LogP contribution is -2.17. The molecule has 1 aliphatic carbocycles. The topological polar surface area (TPSA) is 62.6 Å². The number of aromatic nitrogens is 1. The molecular weight excluding hydrogens is 300 g/mol. The molecule has 4 nitrogen and oxygen atoms in total. The zero-order valence-electron chi connectivity index (χ0n) is 14.1. The van der Waals surface area contributed by atoms with Crippen LogP contribution in [0.4, 0.5) is 0 Å². The molecule has 2 aromatic rings. The van der Waals surface area contributed by atoms with Crippen molar-refractivity contribution in [1.29, 1.82) is 0 Å². The number of nitroso groups, excluding NO2 is 1. The van der Waals surface area contributed by atoms with Crippen molar-refractivity contribution >= 4 is 0 Å². The molecule has 1 aromatic heterocycles. The molecule has 4 heteroatoms. The number of hydrogen-bond donors (Lipinski definition) is 1. The van der Waals surface area contributed by atoms with Gasteiger partial charge >= 0.3 is 0 Å². The maximum absolute atomic E-state index is 10.3. The highest BCUT2D eigenvalue weighted by atomic mass is 16.3. The Morgan fingerprint density at radius 1 is 1.12 bits per heavy atom. The minimum absolute atomic E-state index is 0.421. The van der Waals surface area contributed by atoms with E-state index in [1.807, 2.05) is 13.1 Å². The number of aliphatic hydroxyl groups excluding tert-OH is 1. The van der Waals surface area contributed by atoms with E-state index in [1.54, 1.807) is 0 Å². The van der Waals surface area contributed by atoms with Gasteiger partial charge in [-0.1, -0.05) is 30.3 Å². The van der Waals surface area contributed by atoms with Crippen molar-refractivity contribution in [3.8, 4) is 11.3 Å². The zero-order chi connectivity index (χ0) is 16.9. The second-order valence-corrected chi connectivity index (χ2v) is 6.88. The fraction of sp³-hybridized carbons (Fsp3) is 0.450. The molecule has 0 aliphatic heterocycles. The summed E-state index contributed by atoms with van der Waals surface area (Å²) in [5, 5.41) is 12.1. The highest BCUT2D eigenvalue weighted by molar-refractivity contribution is 5.59. The Morgan fingerprint density at radius 3 is 2.42 bits per heavy atom. The molecule has 1 aromatic carbocycles. The Labute approximate surface area is 142 Å². The van der Waals surface area contributed by atoms with E-state index in [0.717, 1.165) is 36.9 Å². The molecule has 1 fully saturated rings. The molecule has 0 spiro atoms. The number of pyridine rings is 1. The predicted octanol–water partition coefficient (Wildman–Crippen LogP) is 4.81. The van der Waals surface area contributed by atoms with Crippen LogP contribution in [0.5, 0.6) is 0 Å². The Hall–Kier alpha value is -2.07. The molecule has 3 rings (SSSR count). The van der Waals surface area contributed by atoms with Gasteiger partial charge in [0.1, 0.15) is 0 Å². The molecule has 1 atom stereocenters. The summed E-state index contributed by atoms with van der Waals surface area (Å²) >= 11 is 0. The molecule has 1 aliphatic rings. The van der Waals surface area contributed by atoms with Gasteiger partial charge in [0.2, 0.25) is 0 Å². The Balaban J connectivity index is 1.60. The lowest BCUT2D eigenvalue weighted by molar-refractivity contribution is 0.134. The zero-order valence-corrected chi connectivity index (χ0v) is 14.1. The fourth-order valence-electron chi connectivity index (χ4n) is 3.64. The number of nitrogens with zero attached hydrogens (tertiary/aromatic N) is 2. The van der Waals surface area contributed by atoms with Crippen molar-refractivity contribution < 1.29 is 5.11 Å². The lowest BCUT2D eigenvalue weighted by Gasteiger charge is -2.29. The molecule has 1 N–H and O–H groups in total. The summed E-state index contributed by atoms with van der Waals surface area (Å²) in [6.07, 6.45) is 5.70. The number of aliphatic hydroxyl groups is 1. The first-order valence-electron chi connectivity index (χ1n) is 8.69. The molecule has 1 heterocycles. The number of benzene rings is 1. The fourth-order valence-corrected chi connectivity index (χ4v) is 3.64. The smallest absolute Gasteiger partial charge is 0.187 e. The van der Waals surface area contributed by atoms with Gasteiger partial charge in [-0.15, -0.1) is 4.91 Å². The van der Waals surface area contributed by atoms with Crippen molar-refractivity contribution in [2.45, 2.75) is 51.2 Å². The quantitative estimate of drug-likeness (QED) is 0.803. The van der Waals surface area contributed by atoms with Crippen molar-refractivity contribution in [2.24, 2.45) is 11.1 Å². The molecule has 0 saturated heterocycles. The molecular formula is C20H24N2O2. The largest absolute Gasteiger partial charge is 0.369 e. The number of aryl methyl sites for hydroxylation is 1. The second kappa shape index (κ2) is 7.67. The van der Waals surface area contributed by atoms with Gasteiger partial charge in [0.05, 0.1) is 5.69 Å². The van der Waals surface area contributed by atoms with Crippen LogP contribution in [-0.4, -0.2) is 16.3 Å². The van der Waals surface area contributed by atoms with E-state index in [0.29, 0.717) is 18.3 Å². The third-order valence-electron chi connectivity index (χ3n) is 5.10. The third kappa shape index (κ3) is 4.06. The maximum Gasteiger partial charge on any atom is 0.187 e. The van der Waals surface area contributed by atoms with Crippen LogP contribution in [0.2, 0.25) is 0 Å². The van der Waals surface area contributed by atoms with Gasteiger partial charge in [-0.05, 0) is 66.8 Å². The van der Waals surface area contributed by atoms with E-state index in [2.05, 4.69) is 46.6 Å². The first-order valence-corrected chi connectivity index (χ1v) is 8.69. The van der Waals surface area contributed by atoms with Gasteiger partial charge in [-0.2, -0.15) is 0 Å². The SMILES string of the molecule is Cc1ccc(-c2ccc(C3CCC(CC(O)N=O)CC3)cc2)nc1. The maximum atomic E-state index is 10.3. The van der Waals surface area contributed by atoms with E-state index in [9.17, 15) is 10.0 Å². The second-order valence-electron chi connectivity index (χ2n) is 6.88. The first kappa shape index (κ1) is 16.8. The minimum Gasteiger partial charge on any atom is -0.369 e. The molecule has 24 heavy (non-hydrogen) atoms. The lowest BCUT2D eigenvalue weighted by atomic mass is 9.77. The van der Waals surface area contributed by atoms with E-state index >= 15 is 0 Å². The molecule has 0 bridgehead atoms. The Kier molecular flexibility index (Phi) is 5.36. The summed E-state index contributed by atoms with van der Waals surface area (Å²) in [7, 11) is 0. The van der Waals surface area contributed by atoms with Gasteiger partial charge in [-0.3, -0.25) is 4.98 Å². The highest BCUT2D eigenvalue weighted by Crippen LogP contribution is 2.38. The van der Waals surface area contributed by atoms with Crippen LogP contribution < -0.4 is 0 Å². The van der Waals surface area contributed by atoms with Crippen molar-refractivity contribution in [3.05, 3.63) is 58.6 Å². The molecule has 1 saturated carbocycles. The average molecular weight is 324 g/mol. The normalized spacial score (nSPS) is 22.1. The standard InChI is InChI=1S/C20H24N2O2/c1-14-2-11-19(21-13-14)18-9-7-17(8-10-18)16-5-3-15(4-6-16)12-20(23)22-24/h2,7-11,13,15-16,20,23H,3-6,12H2,1H3. The highest BCUT2D eigenvalue weighted by Gasteiger charge is 2.24. The summed E-state index contributed by atoms with van der Waals surface area (Å²) in [4.78, 5) is 14.8. The van der Waals surface area contributed by atoms with Crippen LogP contribution in [0.1, 0.15) is 49.1 Å². The average Bonchev–Trinajstić information content (AvgIpc) is 2.63. The van der Waals surface area contributed by atoms with Gasteiger partial charge in [-0.25, -0.2) is 0 Å². The van der Waals surface area contributed by atoms with Crippen LogP contribution in [0.25, 0.3) is 11.3 Å². The number of hydrogen-bond acceptors (Lipinski definition) is 4. The number of rotatable bonds is 5. The van der Waals surface area contributed by atoms with Gasteiger partial charge < -0.3 is 5.11 Å². The summed E-state index contributed by atoms with van der Waals surface area (Å²) in [6.45, 7) is 2.04. The van der Waals surface area contributed by atoms with Gasteiger partial charge in [0, 0.05) is 18.2 Å². The molecule has 1 unspecified atom stereocenters. The van der Waals surface area contributed by atoms with Crippen LogP contribution in [0.15, 0.2) is 47.8 Å². The van der Waals surface area contributed by atoms with Crippen molar-refractivity contribution in [1.82, 2.24) is 4.98 Å². The van der Waals surface area contributed by atoms with E-state index < -0.39 is 6.23 Å². The summed E-state index contributed by atoms with van der Waals surface area (Å²) < 4.78 is 0. The monoisotopic (exact) mass is 324 g/mol. The summed E-state index contributed by atoms with van der Waals surface area (Å²) in [5.41, 5.74) is 4.69. The van der Waals surface area contributed by atoms with E-state index in [4.69, 9.17) is 0 Å². The Bertz CT molecular complexity index is 659.